The molecule has 0 aliphatic rings. The van der Waals surface area contributed by atoms with Gasteiger partial charge in [-0.3, -0.25) is 0 Å². The van der Waals surface area contributed by atoms with E-state index in [1.165, 1.54) is 22.7 Å². The predicted molar refractivity (Wildman–Crippen MR) is 179 cm³/mol. The molecule has 0 spiro atoms. The van der Waals surface area contributed by atoms with E-state index in [4.69, 9.17) is 27.2 Å². The van der Waals surface area contributed by atoms with Crippen molar-refractivity contribution in [2.24, 2.45) is 0 Å². The molecule has 232 valence electrons. The zero-order valence-corrected chi connectivity index (χ0v) is 28.2. The van der Waals surface area contributed by atoms with Crippen LogP contribution in [0.5, 0.6) is 0 Å². The fraction of sp³-hybridized carbons (Fsp3) is 0.0556. The summed E-state index contributed by atoms with van der Waals surface area (Å²) >= 11 is 4.81. The van der Waals surface area contributed by atoms with Crippen molar-refractivity contribution < 1.29 is 39.6 Å². The van der Waals surface area contributed by atoms with Crippen LogP contribution in [0.2, 0.25) is 0 Å². The second kappa shape index (κ2) is 24.1. The Morgan fingerprint density at radius 2 is 1.13 bits per heavy atom. The van der Waals surface area contributed by atoms with Gasteiger partial charge in [-0.1, -0.05) is 123 Å². The monoisotopic (exact) mass is 705 g/mol. The molecule has 10 heteroatoms. The van der Waals surface area contributed by atoms with E-state index in [1.54, 1.807) is 18.2 Å². The number of hydrogen-bond donors (Lipinski definition) is 0. The zero-order valence-electron chi connectivity index (χ0n) is 24.6. The van der Waals surface area contributed by atoms with Crippen LogP contribution in [0.25, 0.3) is 0 Å². The van der Waals surface area contributed by atoms with Gasteiger partial charge in [-0.15, -0.1) is 23.0 Å². The van der Waals surface area contributed by atoms with Crippen molar-refractivity contribution in [3.63, 3.8) is 0 Å². The molecular formula is C36H28FeNO5PS2. The molecule has 0 aliphatic heterocycles. The SMILES string of the molecule is Cc1ccc(S(=O)(=O)CC#N)cc1.O=[C-]c1ccccc1P(c1ccccc1)c1ccccc1.[C-]#[O+].[C-]#[O+].[Fe+2].[S-]c1ccccc1. The number of hydrogen-bond acceptors (Lipinski definition) is 5. The molecule has 0 amide bonds. The number of rotatable bonds is 6. The van der Waals surface area contributed by atoms with Crippen LogP contribution < -0.4 is 15.9 Å². The first kappa shape index (κ1) is 41.9. The Kier molecular flexibility index (Phi) is 22.0. The number of carbonyl (C=O) groups excluding carboxylic acids is 1. The molecule has 0 bridgehead atoms. The number of aryl methyl sites for hydroxylation is 1. The molecule has 0 aliphatic carbocycles. The van der Waals surface area contributed by atoms with E-state index in [-0.39, 0.29) is 22.0 Å². The van der Waals surface area contributed by atoms with E-state index in [0.717, 1.165) is 15.8 Å². The van der Waals surface area contributed by atoms with Crippen molar-refractivity contribution in [1.82, 2.24) is 0 Å². The van der Waals surface area contributed by atoms with Crippen LogP contribution >= 0.6 is 7.92 Å². The Morgan fingerprint density at radius 1 is 0.717 bits per heavy atom. The first-order valence-corrected chi connectivity index (χ1v) is 16.4. The molecule has 0 fully saturated rings. The first-order valence-electron chi connectivity index (χ1n) is 13.0. The van der Waals surface area contributed by atoms with Crippen molar-refractivity contribution >= 4 is 52.6 Å². The molecule has 0 aromatic heterocycles. The topological polar surface area (TPSA) is 115 Å². The van der Waals surface area contributed by atoms with Gasteiger partial charge in [0, 0.05) is 0 Å². The van der Waals surface area contributed by atoms with E-state index < -0.39 is 23.5 Å². The minimum Gasteiger partial charge on any atom is -0.780 e. The fourth-order valence-electron chi connectivity index (χ4n) is 3.67. The minimum absolute atomic E-state index is 0. The van der Waals surface area contributed by atoms with Crippen LogP contribution in [0.4, 0.5) is 0 Å². The number of nitrogens with zero attached hydrogens (tertiary/aromatic N) is 1. The van der Waals surface area contributed by atoms with E-state index in [0.29, 0.717) is 5.56 Å². The molecule has 0 heterocycles. The summed E-state index contributed by atoms with van der Waals surface area (Å²) in [7, 11) is -4.12. The third-order valence-corrected chi connectivity index (χ3v) is 9.93. The van der Waals surface area contributed by atoms with E-state index in [1.807, 2.05) is 97.9 Å². The molecule has 6 nitrogen and oxygen atoms in total. The molecular weight excluding hydrogens is 677 g/mol. The van der Waals surface area contributed by atoms with Gasteiger partial charge in [0.25, 0.3) is 0 Å². The van der Waals surface area contributed by atoms with Gasteiger partial charge in [0.05, 0.1) is 17.3 Å². The second-order valence-corrected chi connectivity index (χ2v) is 13.3. The van der Waals surface area contributed by atoms with Crippen LogP contribution in [-0.2, 0) is 53.6 Å². The van der Waals surface area contributed by atoms with Crippen LogP contribution in [0.3, 0.4) is 0 Å². The molecule has 5 aromatic rings. The first-order chi connectivity index (χ1) is 21.9. The van der Waals surface area contributed by atoms with Crippen molar-refractivity contribution in [2.75, 3.05) is 5.75 Å². The van der Waals surface area contributed by atoms with Crippen LogP contribution in [0.15, 0.2) is 149 Å². The van der Waals surface area contributed by atoms with Crippen LogP contribution in [0.1, 0.15) is 11.1 Å². The summed E-state index contributed by atoms with van der Waals surface area (Å²) in [5, 5.41) is 11.8. The van der Waals surface area contributed by atoms with Gasteiger partial charge < -0.3 is 17.4 Å². The molecule has 0 radical (unpaired) electrons. The average molecular weight is 706 g/mol. The Morgan fingerprint density at radius 3 is 1.52 bits per heavy atom. The Hall–Kier alpha value is -4.14. The maximum Gasteiger partial charge on any atom is 2.00 e. The van der Waals surface area contributed by atoms with Gasteiger partial charge in [-0.25, -0.2) is 8.42 Å². The van der Waals surface area contributed by atoms with Gasteiger partial charge in [0.15, 0.2) is 9.84 Å². The normalized spacial score (nSPS) is 9.24. The van der Waals surface area contributed by atoms with E-state index in [9.17, 15) is 13.2 Å². The Labute approximate surface area is 288 Å². The van der Waals surface area contributed by atoms with Crippen LogP contribution in [-0.4, -0.2) is 20.5 Å². The largest absolute Gasteiger partial charge is 2.00 e. The van der Waals surface area contributed by atoms with E-state index >= 15 is 0 Å². The molecule has 0 N–H and O–H groups in total. The van der Waals surface area contributed by atoms with Gasteiger partial charge in [-0.2, -0.15) is 16.2 Å². The summed E-state index contributed by atoms with van der Waals surface area (Å²) in [5.74, 6) is -0.462. The molecule has 0 unspecified atom stereocenters. The predicted octanol–water partition coefficient (Wildman–Crippen LogP) is 5.71. The van der Waals surface area contributed by atoms with Crippen molar-refractivity contribution in [3.05, 3.63) is 164 Å². The quantitative estimate of drug-likeness (QED) is 0.0739. The summed E-state index contributed by atoms with van der Waals surface area (Å²) in [6.45, 7) is 10.9. The maximum absolute atomic E-state index is 11.3. The van der Waals surface area contributed by atoms with Crippen molar-refractivity contribution in [2.45, 2.75) is 16.7 Å². The minimum atomic E-state index is -3.39. The van der Waals surface area contributed by atoms with Gasteiger partial charge in [0.1, 0.15) is 5.75 Å². The number of nitriles is 1. The Balaban J connectivity index is 0.000000692. The van der Waals surface area contributed by atoms with Crippen molar-refractivity contribution in [1.29, 1.82) is 5.26 Å². The zero-order chi connectivity index (χ0) is 33.5. The third-order valence-electron chi connectivity index (χ3n) is 5.66. The fourth-order valence-corrected chi connectivity index (χ4v) is 7.11. The smallest absolute Gasteiger partial charge is 0.780 e. The van der Waals surface area contributed by atoms with Gasteiger partial charge in [-0.05, 0) is 29.7 Å². The summed E-state index contributed by atoms with van der Waals surface area (Å²) < 4.78 is 37.6. The summed E-state index contributed by atoms with van der Waals surface area (Å²) in [6, 6.07) is 46.1. The number of benzene rings is 5. The summed E-state index contributed by atoms with van der Waals surface area (Å²) in [6.07, 6.45) is 2.08. The molecule has 0 atom stereocenters. The summed E-state index contributed by atoms with van der Waals surface area (Å²) in [4.78, 5) is 12.4. The molecule has 0 saturated carbocycles. The molecule has 5 rings (SSSR count). The van der Waals surface area contributed by atoms with Crippen LogP contribution in [0, 0.1) is 31.6 Å². The van der Waals surface area contributed by atoms with Gasteiger partial charge in [0.2, 0.25) is 0 Å². The standard InChI is InChI=1S/C19H14OP.C9H9NO2S.C6H6S.2CO.Fe/c20-15-16-9-7-8-14-19(16)21(17-10-3-1-4-11-17)18-12-5-2-6-13-18;1-8-2-4-9(5-3-8)13(11,12)7-6-10;7-6-4-2-1-3-5-6;2*1-2;/h1-14H;2-5H,7H2,1H3;1-5,7H;;;/q-1;;;;;+2/p-1. The Bertz CT molecular complexity index is 1720. The van der Waals surface area contributed by atoms with E-state index in [2.05, 4.69) is 43.9 Å². The van der Waals surface area contributed by atoms with Crippen molar-refractivity contribution in [3.8, 4) is 6.07 Å². The molecule has 0 saturated heterocycles. The average Bonchev–Trinajstić information content (AvgIpc) is 3.09. The third kappa shape index (κ3) is 14.3. The molecule has 46 heavy (non-hydrogen) atoms. The van der Waals surface area contributed by atoms with Gasteiger partial charge >= 0.3 is 39.7 Å². The number of sulfone groups is 1. The second-order valence-electron chi connectivity index (χ2n) is 8.67. The summed E-state index contributed by atoms with van der Waals surface area (Å²) in [5.41, 5.74) is 1.65. The maximum atomic E-state index is 11.3. The molecule has 5 aromatic carbocycles.